The van der Waals surface area contributed by atoms with Crippen LogP contribution in [0.3, 0.4) is 0 Å². The first-order chi connectivity index (χ1) is 26.5. The molecule has 3 atom stereocenters. The van der Waals surface area contributed by atoms with Gasteiger partial charge in [-0.25, -0.2) is 4.57 Å². The normalized spacial score (nSPS) is 14.2. The number of hydrogen-bond acceptors (Lipinski definition) is 5. The van der Waals surface area contributed by atoms with E-state index in [0.29, 0.717) is 23.9 Å². The van der Waals surface area contributed by atoms with Gasteiger partial charge in [0.25, 0.3) is 0 Å². The Morgan fingerprint density at radius 2 is 0.873 bits per heavy atom. The van der Waals surface area contributed by atoms with E-state index >= 15 is 0 Å². The van der Waals surface area contributed by atoms with Crippen molar-refractivity contribution in [2.75, 3.05) is 40.9 Å². The maximum atomic E-state index is 12.9. The zero-order valence-electron chi connectivity index (χ0n) is 37.4. The summed E-state index contributed by atoms with van der Waals surface area (Å²) in [6.45, 7) is 4.89. The average Bonchev–Trinajstić information content (AvgIpc) is 3.13. The molecule has 0 saturated carbocycles. The summed E-state index contributed by atoms with van der Waals surface area (Å²) in [6.07, 6.45) is 42.9. The molecule has 0 aliphatic heterocycles. The van der Waals surface area contributed by atoms with E-state index in [9.17, 15) is 19.4 Å². The minimum absolute atomic E-state index is 0.0782. The topological polar surface area (TPSA) is 105 Å². The van der Waals surface area contributed by atoms with Gasteiger partial charge in [0.1, 0.15) is 13.2 Å². The maximum absolute atomic E-state index is 12.9. The molecular formula is C46H96N2O6P+. The predicted molar refractivity (Wildman–Crippen MR) is 236 cm³/mol. The van der Waals surface area contributed by atoms with Crippen LogP contribution in [-0.4, -0.2) is 73.4 Å². The second kappa shape index (κ2) is 39.0. The molecule has 8 nitrogen and oxygen atoms in total. The molecule has 1 amide bonds. The molecule has 0 heterocycles. The number of rotatable bonds is 44. The molecule has 0 rings (SSSR count). The third-order valence-electron chi connectivity index (χ3n) is 11.1. The Kier molecular flexibility index (Phi) is 38.6. The Morgan fingerprint density at radius 3 is 1.22 bits per heavy atom. The van der Waals surface area contributed by atoms with Crippen LogP contribution < -0.4 is 5.32 Å². The van der Waals surface area contributed by atoms with Gasteiger partial charge >= 0.3 is 7.82 Å². The zero-order chi connectivity index (χ0) is 40.7. The van der Waals surface area contributed by atoms with E-state index < -0.39 is 20.0 Å². The van der Waals surface area contributed by atoms with Crippen molar-refractivity contribution in [2.24, 2.45) is 0 Å². The molecular weight excluding hydrogens is 707 g/mol. The van der Waals surface area contributed by atoms with Crippen LogP contribution >= 0.6 is 7.82 Å². The second-order valence-electron chi connectivity index (χ2n) is 17.9. The largest absolute Gasteiger partial charge is 0.472 e. The molecule has 0 bridgehead atoms. The number of aliphatic hydroxyl groups is 1. The highest BCUT2D eigenvalue weighted by Crippen LogP contribution is 2.43. The lowest BCUT2D eigenvalue weighted by molar-refractivity contribution is -0.870. The van der Waals surface area contributed by atoms with Crippen molar-refractivity contribution < 1.29 is 32.9 Å². The molecule has 9 heteroatoms. The maximum Gasteiger partial charge on any atom is 0.472 e. The molecule has 0 fully saturated rings. The Morgan fingerprint density at radius 1 is 0.545 bits per heavy atom. The molecule has 1 unspecified atom stereocenters. The van der Waals surface area contributed by atoms with Gasteiger partial charge in [-0.3, -0.25) is 13.8 Å². The van der Waals surface area contributed by atoms with Gasteiger partial charge in [0.2, 0.25) is 5.91 Å². The van der Waals surface area contributed by atoms with Crippen LogP contribution in [-0.2, 0) is 18.4 Å². The van der Waals surface area contributed by atoms with E-state index in [2.05, 4.69) is 19.2 Å². The molecule has 3 N–H and O–H groups in total. The molecule has 330 valence electrons. The van der Waals surface area contributed by atoms with Gasteiger partial charge in [-0.15, -0.1) is 0 Å². The van der Waals surface area contributed by atoms with Crippen LogP contribution in [0.1, 0.15) is 239 Å². The van der Waals surface area contributed by atoms with Crippen molar-refractivity contribution in [3.8, 4) is 0 Å². The molecule has 0 aliphatic rings. The van der Waals surface area contributed by atoms with Gasteiger partial charge in [-0.05, 0) is 12.8 Å². The van der Waals surface area contributed by atoms with Crippen LogP contribution in [0.5, 0.6) is 0 Å². The third-order valence-corrected chi connectivity index (χ3v) is 12.1. The summed E-state index contributed by atoms with van der Waals surface area (Å²) in [5.74, 6) is -0.141. The standard InChI is InChI=1S/C46H95N2O6P/c1-6-8-10-12-14-16-17-18-19-20-21-22-23-24-25-26-27-28-29-30-32-34-36-38-40-46(50)47-44(43-54-55(51,52)53-42-41-48(3,4)5)45(49)39-37-35-33-31-15-13-11-9-7-2/h44-45,49H,6-43H2,1-5H3,(H-,47,50,51,52)/p+1/t44-,45+/m0/s1. The van der Waals surface area contributed by atoms with E-state index in [1.165, 1.54) is 173 Å². The van der Waals surface area contributed by atoms with Gasteiger partial charge in [0.05, 0.1) is 39.9 Å². The lowest BCUT2D eigenvalue weighted by Crippen LogP contribution is -2.46. The first kappa shape index (κ1) is 54.5. The van der Waals surface area contributed by atoms with Crippen molar-refractivity contribution in [3.63, 3.8) is 0 Å². The second-order valence-corrected chi connectivity index (χ2v) is 19.3. The minimum Gasteiger partial charge on any atom is -0.391 e. The van der Waals surface area contributed by atoms with E-state index in [4.69, 9.17) is 9.05 Å². The Hall–Kier alpha value is -0.500. The van der Waals surface area contributed by atoms with Crippen LogP contribution in [0.15, 0.2) is 0 Å². The van der Waals surface area contributed by atoms with Crippen molar-refractivity contribution in [1.29, 1.82) is 0 Å². The number of aliphatic hydroxyl groups excluding tert-OH is 1. The lowest BCUT2D eigenvalue weighted by Gasteiger charge is -2.26. The fraction of sp³-hybridized carbons (Fsp3) is 0.978. The molecule has 0 aromatic carbocycles. The number of quaternary nitrogens is 1. The molecule has 0 aromatic rings. The number of carbonyl (C=O) groups excluding carboxylic acids is 1. The zero-order valence-corrected chi connectivity index (χ0v) is 38.3. The third kappa shape index (κ3) is 41.5. The van der Waals surface area contributed by atoms with Crippen LogP contribution in [0.25, 0.3) is 0 Å². The smallest absolute Gasteiger partial charge is 0.391 e. The average molecular weight is 804 g/mol. The fourth-order valence-corrected chi connectivity index (χ4v) is 8.02. The summed E-state index contributed by atoms with van der Waals surface area (Å²) < 4.78 is 23.6. The molecule has 0 aromatic heterocycles. The summed E-state index contributed by atoms with van der Waals surface area (Å²) >= 11 is 0. The number of nitrogens with one attached hydrogen (secondary N) is 1. The number of likely N-dealkylation sites (N-methyl/N-ethyl adjacent to an activating group) is 1. The summed E-state index contributed by atoms with van der Waals surface area (Å²) in [7, 11) is 1.63. The number of nitrogens with zero attached hydrogens (tertiary/aromatic N) is 1. The number of hydrogen-bond donors (Lipinski definition) is 3. The van der Waals surface area contributed by atoms with Crippen molar-refractivity contribution in [3.05, 3.63) is 0 Å². The Labute approximate surface area is 342 Å². The van der Waals surface area contributed by atoms with Crippen molar-refractivity contribution >= 4 is 13.7 Å². The molecule has 55 heavy (non-hydrogen) atoms. The van der Waals surface area contributed by atoms with Crippen molar-refractivity contribution in [2.45, 2.75) is 251 Å². The van der Waals surface area contributed by atoms with Crippen molar-refractivity contribution in [1.82, 2.24) is 5.32 Å². The lowest BCUT2D eigenvalue weighted by atomic mass is 10.0. The monoisotopic (exact) mass is 804 g/mol. The van der Waals surface area contributed by atoms with Crippen LogP contribution in [0.2, 0.25) is 0 Å². The highest BCUT2D eigenvalue weighted by molar-refractivity contribution is 7.47. The Bertz CT molecular complexity index is 870. The quantitative estimate of drug-likeness (QED) is 0.0322. The van der Waals surface area contributed by atoms with E-state index in [0.717, 1.165) is 38.5 Å². The first-order valence-corrected chi connectivity index (χ1v) is 25.4. The van der Waals surface area contributed by atoms with Gasteiger partial charge in [-0.2, -0.15) is 0 Å². The van der Waals surface area contributed by atoms with E-state index in [1.807, 2.05) is 21.1 Å². The number of phosphoric ester groups is 1. The van der Waals surface area contributed by atoms with Gasteiger partial charge in [-0.1, -0.05) is 219 Å². The number of carbonyl (C=O) groups is 1. The first-order valence-electron chi connectivity index (χ1n) is 23.9. The number of amides is 1. The van der Waals surface area contributed by atoms with E-state index in [-0.39, 0.29) is 19.1 Å². The summed E-state index contributed by atoms with van der Waals surface area (Å²) in [5.41, 5.74) is 0. The molecule has 0 spiro atoms. The number of unbranched alkanes of at least 4 members (excludes halogenated alkanes) is 31. The Balaban J connectivity index is 4.06. The summed E-state index contributed by atoms with van der Waals surface area (Å²) in [4.78, 5) is 23.1. The van der Waals surface area contributed by atoms with Gasteiger partial charge in [0.15, 0.2) is 0 Å². The number of phosphoric acid groups is 1. The van der Waals surface area contributed by atoms with E-state index in [1.54, 1.807) is 0 Å². The predicted octanol–water partition coefficient (Wildman–Crippen LogP) is 13.4. The highest BCUT2D eigenvalue weighted by atomic mass is 31.2. The minimum atomic E-state index is -4.30. The van der Waals surface area contributed by atoms with Gasteiger partial charge < -0.3 is 19.8 Å². The molecule has 0 radical (unpaired) electrons. The highest BCUT2D eigenvalue weighted by Gasteiger charge is 2.28. The van der Waals surface area contributed by atoms with Crippen LogP contribution in [0, 0.1) is 0 Å². The summed E-state index contributed by atoms with van der Waals surface area (Å²) in [6, 6.07) is -0.751. The van der Waals surface area contributed by atoms with Gasteiger partial charge in [0, 0.05) is 6.42 Å². The molecule has 0 saturated heterocycles. The van der Waals surface area contributed by atoms with Crippen LogP contribution in [0.4, 0.5) is 0 Å². The molecule has 0 aliphatic carbocycles. The SMILES string of the molecule is CCCCCCCCCCCCCCCCCCCCCCCCCCC(=O)N[C@@H](COP(=O)(O)OCC[N+](C)(C)C)[C@H](O)CCCCCCCCCCC. The fourth-order valence-electron chi connectivity index (χ4n) is 7.28. The summed E-state index contributed by atoms with van der Waals surface area (Å²) in [5, 5.41) is 13.9.